The van der Waals surface area contributed by atoms with Crippen LogP contribution in [0.15, 0.2) is 11.6 Å². The molecule has 0 aliphatic carbocycles. The van der Waals surface area contributed by atoms with Crippen LogP contribution in [0.25, 0.3) is 0 Å². The second-order valence-electron chi connectivity index (χ2n) is 11.6. The maximum absolute atomic E-state index is 12.6. The van der Waals surface area contributed by atoms with Crippen molar-refractivity contribution in [3.63, 3.8) is 0 Å². The molecule has 0 aliphatic heterocycles. The number of rotatable bonds is 27. The van der Waals surface area contributed by atoms with E-state index in [2.05, 4.69) is 13.8 Å². The topological polar surface area (TPSA) is 65.1 Å². The maximum Gasteiger partial charge on any atom is 0.508 e. The normalized spacial score (nSPS) is 11.8. The first kappa shape index (κ1) is 37.4. The van der Waals surface area contributed by atoms with Crippen LogP contribution in [0.5, 0.6) is 0 Å². The summed E-state index contributed by atoms with van der Waals surface area (Å²) in [7, 11) is 3.96. The summed E-state index contributed by atoms with van der Waals surface area (Å²) in [6.45, 7) is 8.01. The lowest BCUT2D eigenvalue weighted by Crippen LogP contribution is -2.20. The number of unbranched alkanes of at least 4 members (excludes halogenated alkanes) is 14. The Morgan fingerprint density at radius 3 is 1.59 bits per heavy atom. The molecule has 6 heteroatoms. The van der Waals surface area contributed by atoms with Crippen LogP contribution in [0.2, 0.25) is 0 Å². The summed E-state index contributed by atoms with van der Waals surface area (Å²) in [5.41, 5.74) is 1.22. The van der Waals surface area contributed by atoms with E-state index in [0.717, 1.165) is 38.6 Å². The Morgan fingerprint density at radius 2 is 1.10 bits per heavy atom. The van der Waals surface area contributed by atoms with Crippen LogP contribution in [-0.4, -0.2) is 57.5 Å². The van der Waals surface area contributed by atoms with E-state index >= 15 is 0 Å². The maximum atomic E-state index is 12.6. The van der Waals surface area contributed by atoms with Crippen molar-refractivity contribution in [3.8, 4) is 0 Å². The minimum absolute atomic E-state index is 0.0828. The summed E-state index contributed by atoms with van der Waals surface area (Å²) in [6.07, 6.45) is 24.4. The Hall–Kier alpha value is -1.56. The molecular formula is C33H63NO5. The molecule has 0 N–H and O–H groups in total. The van der Waals surface area contributed by atoms with E-state index in [4.69, 9.17) is 14.2 Å². The van der Waals surface area contributed by atoms with E-state index in [1.165, 1.54) is 95.5 Å². The number of allylic oxidation sites excluding steroid dienone is 1. The fourth-order valence-corrected chi connectivity index (χ4v) is 4.51. The van der Waals surface area contributed by atoms with Gasteiger partial charge in [-0.2, -0.15) is 0 Å². The zero-order valence-electron chi connectivity index (χ0n) is 26.4. The molecule has 0 aromatic rings. The van der Waals surface area contributed by atoms with Crippen molar-refractivity contribution in [1.29, 1.82) is 0 Å². The summed E-state index contributed by atoms with van der Waals surface area (Å²) < 4.78 is 15.7. The van der Waals surface area contributed by atoms with Crippen LogP contribution in [0.4, 0.5) is 4.79 Å². The van der Waals surface area contributed by atoms with Crippen LogP contribution in [0.1, 0.15) is 143 Å². The number of esters is 1. The second-order valence-corrected chi connectivity index (χ2v) is 11.6. The molecule has 0 radical (unpaired) electrons. The zero-order valence-corrected chi connectivity index (χ0v) is 26.4. The lowest BCUT2D eigenvalue weighted by atomic mass is 9.99. The summed E-state index contributed by atoms with van der Waals surface area (Å²) in [6, 6.07) is 0. The minimum atomic E-state index is -0.662. The van der Waals surface area contributed by atoms with E-state index in [9.17, 15) is 9.59 Å². The average molecular weight is 554 g/mol. The molecule has 0 saturated carbocycles. The Kier molecular flexibility index (Phi) is 26.9. The zero-order chi connectivity index (χ0) is 29.0. The lowest BCUT2D eigenvalue weighted by Gasteiger charge is -2.13. The van der Waals surface area contributed by atoms with Crippen molar-refractivity contribution in [2.45, 2.75) is 143 Å². The summed E-state index contributed by atoms with van der Waals surface area (Å²) in [5, 5.41) is 0. The molecule has 0 amide bonds. The number of carbonyl (C=O) groups excluding carboxylic acids is 2. The molecule has 1 atom stereocenters. The van der Waals surface area contributed by atoms with E-state index in [-0.39, 0.29) is 25.1 Å². The van der Waals surface area contributed by atoms with Crippen molar-refractivity contribution < 1.29 is 23.8 Å². The van der Waals surface area contributed by atoms with E-state index in [1.807, 2.05) is 25.9 Å². The molecule has 0 aliphatic rings. The third-order valence-electron chi connectivity index (χ3n) is 6.99. The fourth-order valence-electron chi connectivity index (χ4n) is 4.51. The van der Waals surface area contributed by atoms with Gasteiger partial charge in [0.05, 0.1) is 13.2 Å². The highest BCUT2D eigenvalue weighted by Gasteiger charge is 2.11. The van der Waals surface area contributed by atoms with Crippen molar-refractivity contribution in [3.05, 3.63) is 11.6 Å². The second kappa shape index (κ2) is 28.0. The van der Waals surface area contributed by atoms with Gasteiger partial charge in [-0.05, 0) is 46.2 Å². The van der Waals surface area contributed by atoms with Gasteiger partial charge in [-0.1, -0.05) is 116 Å². The Bertz CT molecular complexity index is 583. The standard InChI is InChI=1S/C33H63NO5/c1-6-8-10-12-14-16-18-20-23-31(24-21-19-17-15-13-11-9-7-2)27-32(35)38-28-30(3)29-39-33(36)37-26-22-25-34(4)5/h27,30H,6-26,28-29H2,1-5H3. The van der Waals surface area contributed by atoms with Gasteiger partial charge < -0.3 is 19.1 Å². The first-order chi connectivity index (χ1) is 18.9. The number of carbonyl (C=O) groups is 2. The van der Waals surface area contributed by atoms with Gasteiger partial charge >= 0.3 is 12.1 Å². The molecule has 0 rings (SSSR count). The van der Waals surface area contributed by atoms with Gasteiger partial charge in [0.2, 0.25) is 0 Å². The molecule has 0 saturated heterocycles. The first-order valence-electron chi connectivity index (χ1n) is 16.2. The number of nitrogens with zero attached hydrogens (tertiary/aromatic N) is 1. The fraction of sp³-hybridized carbons (Fsp3) is 0.879. The minimum Gasteiger partial charge on any atom is -0.462 e. The molecule has 1 unspecified atom stereocenters. The third kappa shape index (κ3) is 27.8. The number of hydrogen-bond donors (Lipinski definition) is 0. The number of ether oxygens (including phenoxy) is 3. The highest BCUT2D eigenvalue weighted by molar-refractivity contribution is 5.82. The van der Waals surface area contributed by atoms with Gasteiger partial charge in [-0.3, -0.25) is 0 Å². The smallest absolute Gasteiger partial charge is 0.462 e. The Balaban J connectivity index is 4.38. The predicted octanol–water partition coefficient (Wildman–Crippen LogP) is 9.26. The average Bonchev–Trinajstić information content (AvgIpc) is 2.91. The van der Waals surface area contributed by atoms with Gasteiger partial charge in [0.1, 0.15) is 6.61 Å². The van der Waals surface area contributed by atoms with Crippen LogP contribution >= 0.6 is 0 Å². The molecule has 39 heavy (non-hydrogen) atoms. The van der Waals surface area contributed by atoms with Crippen molar-refractivity contribution in [2.75, 3.05) is 40.5 Å². The quantitative estimate of drug-likeness (QED) is 0.0574. The van der Waals surface area contributed by atoms with Crippen LogP contribution < -0.4 is 0 Å². The predicted molar refractivity (Wildman–Crippen MR) is 163 cm³/mol. The molecular weight excluding hydrogens is 490 g/mol. The summed E-state index contributed by atoms with van der Waals surface area (Å²) in [4.78, 5) is 26.3. The van der Waals surface area contributed by atoms with Crippen molar-refractivity contribution >= 4 is 12.1 Å². The number of hydrogen-bond acceptors (Lipinski definition) is 6. The molecule has 0 fully saturated rings. The largest absolute Gasteiger partial charge is 0.508 e. The van der Waals surface area contributed by atoms with Crippen LogP contribution in [0.3, 0.4) is 0 Å². The van der Waals surface area contributed by atoms with Gasteiger partial charge in [-0.25, -0.2) is 9.59 Å². The Morgan fingerprint density at radius 1 is 0.641 bits per heavy atom. The molecule has 0 bridgehead atoms. The van der Waals surface area contributed by atoms with Crippen molar-refractivity contribution in [1.82, 2.24) is 4.90 Å². The SMILES string of the molecule is CCCCCCCCCCC(=CC(=O)OCC(C)COC(=O)OCCCN(C)C)CCCCCCCCCC. The molecule has 0 heterocycles. The third-order valence-corrected chi connectivity index (χ3v) is 6.99. The highest BCUT2D eigenvalue weighted by Crippen LogP contribution is 2.19. The molecule has 230 valence electrons. The Labute approximate surface area is 241 Å². The first-order valence-corrected chi connectivity index (χ1v) is 16.2. The van der Waals surface area contributed by atoms with Gasteiger partial charge in [0, 0.05) is 18.5 Å². The van der Waals surface area contributed by atoms with Crippen LogP contribution in [0, 0.1) is 5.92 Å². The molecule has 0 aromatic heterocycles. The summed E-state index contributed by atoms with van der Waals surface area (Å²) in [5.74, 6) is -0.359. The summed E-state index contributed by atoms with van der Waals surface area (Å²) >= 11 is 0. The van der Waals surface area contributed by atoms with Gasteiger partial charge in [0.25, 0.3) is 0 Å². The van der Waals surface area contributed by atoms with Gasteiger partial charge in [-0.15, -0.1) is 0 Å². The van der Waals surface area contributed by atoms with Crippen molar-refractivity contribution in [2.24, 2.45) is 5.92 Å². The molecule has 6 nitrogen and oxygen atoms in total. The highest BCUT2D eigenvalue weighted by atomic mass is 16.7. The van der Waals surface area contributed by atoms with E-state index in [1.54, 1.807) is 6.08 Å². The molecule has 0 aromatic carbocycles. The van der Waals surface area contributed by atoms with Crippen LogP contribution in [-0.2, 0) is 19.0 Å². The lowest BCUT2D eigenvalue weighted by molar-refractivity contribution is -0.139. The molecule has 0 spiro atoms. The monoisotopic (exact) mass is 553 g/mol. The van der Waals surface area contributed by atoms with E-state index < -0.39 is 6.16 Å². The van der Waals surface area contributed by atoms with Gasteiger partial charge in [0.15, 0.2) is 0 Å². The van der Waals surface area contributed by atoms with E-state index in [0.29, 0.717) is 6.61 Å².